The van der Waals surface area contributed by atoms with E-state index in [2.05, 4.69) is 15.2 Å². The van der Waals surface area contributed by atoms with Gasteiger partial charge in [0, 0.05) is 17.4 Å². The Kier molecular flexibility index (Phi) is 5.00. The van der Waals surface area contributed by atoms with Gasteiger partial charge in [-0.2, -0.15) is 0 Å². The molecule has 0 amide bonds. The summed E-state index contributed by atoms with van der Waals surface area (Å²) in [5, 5.41) is 9.39. The Hall–Kier alpha value is -3.13. The maximum absolute atomic E-state index is 14.3. The SMILES string of the molecule is COc1ccc(-c2nc(CSc3nnc(-c4ccccc4F)n3C3CC3)co2)cc1. The minimum absolute atomic E-state index is 0.288. The lowest BCUT2D eigenvalue weighted by atomic mass is 10.2. The Bertz CT molecular complexity index is 1170. The molecule has 0 N–H and O–H groups in total. The second-order valence-electron chi connectivity index (χ2n) is 7.05. The van der Waals surface area contributed by atoms with Crippen LogP contribution in [0, 0.1) is 5.82 Å². The first-order valence-electron chi connectivity index (χ1n) is 9.64. The van der Waals surface area contributed by atoms with Gasteiger partial charge in [-0.25, -0.2) is 9.37 Å². The first-order valence-corrected chi connectivity index (χ1v) is 10.6. The molecule has 152 valence electrons. The van der Waals surface area contributed by atoms with Crippen molar-refractivity contribution in [2.45, 2.75) is 29.8 Å². The minimum atomic E-state index is -0.288. The number of nitrogens with zero attached hydrogens (tertiary/aromatic N) is 4. The summed E-state index contributed by atoms with van der Waals surface area (Å²) >= 11 is 1.53. The molecule has 0 aliphatic heterocycles. The quantitative estimate of drug-likeness (QED) is 0.373. The van der Waals surface area contributed by atoms with Crippen LogP contribution in [0.4, 0.5) is 4.39 Å². The molecular weight excluding hydrogens is 403 g/mol. The lowest BCUT2D eigenvalue weighted by Gasteiger charge is -2.08. The van der Waals surface area contributed by atoms with Crippen LogP contribution in [0.25, 0.3) is 22.8 Å². The third kappa shape index (κ3) is 3.70. The van der Waals surface area contributed by atoms with E-state index in [0.29, 0.717) is 29.1 Å². The van der Waals surface area contributed by atoms with Gasteiger partial charge in [-0.3, -0.25) is 4.57 Å². The van der Waals surface area contributed by atoms with Crippen LogP contribution in [-0.4, -0.2) is 26.9 Å². The van der Waals surface area contributed by atoms with Gasteiger partial charge in [-0.15, -0.1) is 10.2 Å². The molecule has 0 bridgehead atoms. The number of hydrogen-bond acceptors (Lipinski definition) is 6. The van der Waals surface area contributed by atoms with E-state index >= 15 is 0 Å². The Balaban J connectivity index is 1.35. The molecule has 30 heavy (non-hydrogen) atoms. The molecule has 1 aliphatic carbocycles. The molecule has 0 radical (unpaired) electrons. The van der Waals surface area contributed by atoms with Crippen LogP contribution in [-0.2, 0) is 5.75 Å². The normalized spacial score (nSPS) is 13.5. The Morgan fingerprint density at radius 3 is 2.67 bits per heavy atom. The summed E-state index contributed by atoms with van der Waals surface area (Å²) in [6.45, 7) is 0. The third-order valence-electron chi connectivity index (χ3n) is 4.93. The van der Waals surface area contributed by atoms with Crippen LogP contribution < -0.4 is 4.74 Å². The molecule has 0 saturated heterocycles. The number of thioether (sulfide) groups is 1. The fourth-order valence-electron chi connectivity index (χ4n) is 3.24. The van der Waals surface area contributed by atoms with Gasteiger partial charge in [-0.1, -0.05) is 23.9 Å². The zero-order chi connectivity index (χ0) is 20.5. The summed E-state index contributed by atoms with van der Waals surface area (Å²) in [5.74, 6) is 2.22. The molecule has 2 heterocycles. The summed E-state index contributed by atoms with van der Waals surface area (Å²) in [6, 6.07) is 14.6. The van der Waals surface area contributed by atoms with Gasteiger partial charge >= 0.3 is 0 Å². The average molecular weight is 422 g/mol. The molecule has 2 aromatic heterocycles. The monoisotopic (exact) mass is 422 g/mol. The van der Waals surface area contributed by atoms with Gasteiger partial charge in [0.15, 0.2) is 11.0 Å². The number of benzene rings is 2. The van der Waals surface area contributed by atoms with Gasteiger partial charge in [0.25, 0.3) is 0 Å². The van der Waals surface area contributed by atoms with E-state index in [1.165, 1.54) is 17.8 Å². The third-order valence-corrected chi connectivity index (χ3v) is 5.91. The Morgan fingerprint density at radius 1 is 1.13 bits per heavy atom. The highest BCUT2D eigenvalue weighted by Gasteiger charge is 2.31. The molecule has 1 aliphatic rings. The number of ether oxygens (including phenoxy) is 1. The maximum Gasteiger partial charge on any atom is 0.226 e. The molecule has 2 aromatic carbocycles. The highest BCUT2D eigenvalue weighted by Crippen LogP contribution is 2.41. The predicted octanol–water partition coefficient (Wildman–Crippen LogP) is 5.38. The van der Waals surface area contributed by atoms with Crippen LogP contribution in [0.5, 0.6) is 5.75 Å². The van der Waals surface area contributed by atoms with E-state index in [4.69, 9.17) is 9.15 Å². The fraction of sp³-hybridized carbons (Fsp3) is 0.227. The number of halogens is 1. The zero-order valence-corrected chi connectivity index (χ0v) is 17.1. The van der Waals surface area contributed by atoms with Crippen LogP contribution in [0.3, 0.4) is 0 Å². The molecule has 6 nitrogen and oxygen atoms in total. The van der Waals surface area contributed by atoms with Crippen molar-refractivity contribution >= 4 is 11.8 Å². The van der Waals surface area contributed by atoms with Crippen molar-refractivity contribution in [3.05, 3.63) is 66.3 Å². The standard InChI is InChI=1S/C22H19FN4O2S/c1-28-17-10-6-14(7-11-17)21-24-15(12-29-21)13-30-22-26-25-20(27(22)16-8-9-16)18-4-2-3-5-19(18)23/h2-7,10-12,16H,8-9,13H2,1H3. The summed E-state index contributed by atoms with van der Waals surface area (Å²) in [7, 11) is 1.63. The van der Waals surface area contributed by atoms with Gasteiger partial charge in [-0.05, 0) is 49.2 Å². The molecular formula is C22H19FN4O2S. The number of oxazole rings is 1. The van der Waals surface area contributed by atoms with Crippen LogP contribution in [0.2, 0.25) is 0 Å². The number of methoxy groups -OCH3 is 1. The van der Waals surface area contributed by atoms with Crippen molar-refractivity contribution in [2.24, 2.45) is 0 Å². The molecule has 1 saturated carbocycles. The van der Waals surface area contributed by atoms with E-state index in [-0.39, 0.29) is 5.82 Å². The Morgan fingerprint density at radius 2 is 1.93 bits per heavy atom. The fourth-order valence-corrected chi connectivity index (χ4v) is 4.12. The zero-order valence-electron chi connectivity index (χ0n) is 16.3. The minimum Gasteiger partial charge on any atom is -0.497 e. The van der Waals surface area contributed by atoms with E-state index in [1.54, 1.807) is 25.5 Å². The highest BCUT2D eigenvalue weighted by atomic mass is 32.2. The van der Waals surface area contributed by atoms with Crippen molar-refractivity contribution in [1.82, 2.24) is 19.7 Å². The molecule has 4 aromatic rings. The van der Waals surface area contributed by atoms with Gasteiger partial charge < -0.3 is 9.15 Å². The summed E-state index contributed by atoms with van der Waals surface area (Å²) in [4.78, 5) is 4.57. The first kappa shape index (κ1) is 18.9. The van der Waals surface area contributed by atoms with E-state index in [9.17, 15) is 4.39 Å². The average Bonchev–Trinajstić information content (AvgIpc) is 3.35. The smallest absolute Gasteiger partial charge is 0.226 e. The van der Waals surface area contributed by atoms with Gasteiger partial charge in [0.2, 0.25) is 5.89 Å². The van der Waals surface area contributed by atoms with Crippen molar-refractivity contribution < 1.29 is 13.5 Å². The molecule has 0 spiro atoms. The van der Waals surface area contributed by atoms with Crippen molar-refractivity contribution in [1.29, 1.82) is 0 Å². The van der Waals surface area contributed by atoms with E-state index < -0.39 is 0 Å². The Labute approximate surface area is 177 Å². The first-order chi connectivity index (χ1) is 14.7. The van der Waals surface area contributed by atoms with E-state index in [1.807, 2.05) is 34.9 Å². The highest BCUT2D eigenvalue weighted by molar-refractivity contribution is 7.98. The molecule has 0 unspecified atom stereocenters. The summed E-state index contributed by atoms with van der Waals surface area (Å²) < 4.78 is 27.2. The van der Waals surface area contributed by atoms with Crippen molar-refractivity contribution in [3.8, 4) is 28.6 Å². The molecule has 0 atom stereocenters. The second kappa shape index (κ2) is 7.95. The van der Waals surface area contributed by atoms with Crippen LogP contribution in [0.1, 0.15) is 24.6 Å². The largest absolute Gasteiger partial charge is 0.497 e. The van der Waals surface area contributed by atoms with Gasteiger partial charge in [0.1, 0.15) is 17.8 Å². The molecule has 5 rings (SSSR count). The lowest BCUT2D eigenvalue weighted by molar-refractivity contribution is 0.415. The maximum atomic E-state index is 14.3. The van der Waals surface area contributed by atoms with Crippen molar-refractivity contribution in [2.75, 3.05) is 7.11 Å². The number of aromatic nitrogens is 4. The predicted molar refractivity (Wildman–Crippen MR) is 112 cm³/mol. The number of hydrogen-bond donors (Lipinski definition) is 0. The van der Waals surface area contributed by atoms with Crippen LogP contribution >= 0.6 is 11.8 Å². The number of rotatable bonds is 7. The van der Waals surface area contributed by atoms with E-state index in [0.717, 1.165) is 35.0 Å². The lowest BCUT2D eigenvalue weighted by Crippen LogP contribution is -2.01. The second-order valence-corrected chi connectivity index (χ2v) is 7.99. The molecule has 8 heteroatoms. The van der Waals surface area contributed by atoms with Crippen LogP contribution in [0.15, 0.2) is 64.4 Å². The van der Waals surface area contributed by atoms with Gasteiger partial charge in [0.05, 0.1) is 18.4 Å². The summed E-state index contributed by atoms with van der Waals surface area (Å²) in [5.41, 5.74) is 2.17. The molecule has 1 fully saturated rings. The summed E-state index contributed by atoms with van der Waals surface area (Å²) in [6.07, 6.45) is 3.76. The topological polar surface area (TPSA) is 66.0 Å². The van der Waals surface area contributed by atoms with Crippen molar-refractivity contribution in [3.63, 3.8) is 0 Å².